The van der Waals surface area contributed by atoms with Gasteiger partial charge in [-0.15, -0.1) is 0 Å². The van der Waals surface area contributed by atoms with Crippen molar-refractivity contribution >= 4 is 17.2 Å². The van der Waals surface area contributed by atoms with Crippen LogP contribution in [0.15, 0.2) is 39.5 Å². The van der Waals surface area contributed by atoms with Crippen molar-refractivity contribution in [2.24, 2.45) is 0 Å². The molecule has 1 aliphatic heterocycles. The maximum absolute atomic E-state index is 12.5. The van der Waals surface area contributed by atoms with E-state index in [1.807, 2.05) is 6.07 Å². The number of fused-ring (bicyclic) bond motifs is 2. The molecule has 1 atom stereocenters. The Balaban J connectivity index is 2.05. The fourth-order valence-electron chi connectivity index (χ4n) is 3.34. The van der Waals surface area contributed by atoms with Crippen LogP contribution in [-0.4, -0.2) is 15.0 Å². The number of nitrogens with two attached hydrogens (primary N) is 2. The molecule has 4 rings (SSSR count). The summed E-state index contributed by atoms with van der Waals surface area (Å²) in [4.78, 5) is 27.1. The molecule has 30 heavy (non-hydrogen) atoms. The van der Waals surface area contributed by atoms with E-state index in [2.05, 4.69) is 4.98 Å². The Bertz CT molecular complexity index is 1290. The first kappa shape index (κ1) is 18.9. The summed E-state index contributed by atoms with van der Waals surface area (Å²) in [7, 11) is 0. The molecule has 3 heterocycles. The summed E-state index contributed by atoms with van der Waals surface area (Å²) < 4.78 is 11.3. The summed E-state index contributed by atoms with van der Waals surface area (Å²) in [6.45, 7) is -0.540. The number of anilines is 2. The van der Waals surface area contributed by atoms with Gasteiger partial charge in [0.1, 0.15) is 29.8 Å². The van der Waals surface area contributed by atoms with Gasteiger partial charge in [0.15, 0.2) is 5.76 Å². The summed E-state index contributed by atoms with van der Waals surface area (Å²) in [6, 6.07) is 8.45. The number of benzene rings is 1. The van der Waals surface area contributed by atoms with Crippen molar-refractivity contribution in [2.45, 2.75) is 12.5 Å². The zero-order valence-corrected chi connectivity index (χ0v) is 15.2. The highest BCUT2D eigenvalue weighted by molar-refractivity contribution is 5.74. The van der Waals surface area contributed by atoms with Crippen LogP contribution in [0.1, 0.15) is 34.1 Å². The van der Waals surface area contributed by atoms with Gasteiger partial charge in [0.05, 0.1) is 22.1 Å². The molecule has 2 aromatic heterocycles. The molecular formula is C19H13N5O6. The van der Waals surface area contributed by atoms with E-state index in [4.69, 9.17) is 20.6 Å². The summed E-state index contributed by atoms with van der Waals surface area (Å²) in [5.74, 6) is -1.31. The van der Waals surface area contributed by atoms with Crippen LogP contribution in [-0.2, 0) is 6.61 Å². The van der Waals surface area contributed by atoms with Gasteiger partial charge in [-0.1, -0.05) is 12.1 Å². The fourth-order valence-corrected chi connectivity index (χ4v) is 3.34. The Morgan fingerprint density at radius 3 is 2.60 bits per heavy atom. The largest absolute Gasteiger partial charge is 0.458 e. The second-order valence-electron chi connectivity index (χ2n) is 6.43. The van der Waals surface area contributed by atoms with Gasteiger partial charge in [-0.05, 0) is 5.56 Å². The van der Waals surface area contributed by atoms with Crippen molar-refractivity contribution in [1.29, 1.82) is 5.26 Å². The van der Waals surface area contributed by atoms with Crippen molar-refractivity contribution in [3.8, 4) is 17.7 Å². The zero-order valence-electron chi connectivity index (χ0n) is 15.2. The molecule has 11 heteroatoms. The van der Waals surface area contributed by atoms with Gasteiger partial charge >= 0.3 is 0 Å². The minimum Gasteiger partial charge on any atom is -0.458 e. The Labute approximate surface area is 167 Å². The van der Waals surface area contributed by atoms with Gasteiger partial charge in [-0.25, -0.2) is 0 Å². The Kier molecular flexibility index (Phi) is 4.33. The zero-order chi connectivity index (χ0) is 21.6. The average Bonchev–Trinajstić information content (AvgIpc) is 2.73. The van der Waals surface area contributed by atoms with Crippen molar-refractivity contribution in [3.63, 3.8) is 0 Å². The molecule has 1 unspecified atom stereocenters. The summed E-state index contributed by atoms with van der Waals surface area (Å²) in [6.07, 6.45) is 0. The van der Waals surface area contributed by atoms with Gasteiger partial charge in [0.2, 0.25) is 17.1 Å². The molecule has 0 fully saturated rings. The predicted molar refractivity (Wildman–Crippen MR) is 103 cm³/mol. The number of nitriles is 1. The standard InChI is InChI=1S/C19H13N5O6/c20-6-11-15(21)14-13(8-1-3-9(4-2-8)24(27)28)17-16(30-19(14)23-18(11)22)12(26)5-10(7-25)29-17/h1-5,13,25H,7H2,(H4,21,22,23). The maximum Gasteiger partial charge on any atom is 0.269 e. The lowest BCUT2D eigenvalue weighted by atomic mass is 9.85. The summed E-state index contributed by atoms with van der Waals surface area (Å²) in [5, 5.41) is 29.9. The van der Waals surface area contributed by atoms with E-state index in [9.17, 15) is 25.3 Å². The molecular weight excluding hydrogens is 394 g/mol. The number of nitrogen functional groups attached to an aromatic ring is 2. The van der Waals surface area contributed by atoms with Crippen LogP contribution < -0.4 is 21.6 Å². The van der Waals surface area contributed by atoms with Gasteiger partial charge in [-0.3, -0.25) is 14.9 Å². The van der Waals surface area contributed by atoms with E-state index < -0.39 is 22.9 Å². The second-order valence-corrected chi connectivity index (χ2v) is 6.43. The predicted octanol–water partition coefficient (Wildman–Crippen LogP) is 1.76. The molecule has 0 saturated carbocycles. The van der Waals surface area contributed by atoms with Crippen LogP contribution >= 0.6 is 0 Å². The number of aliphatic hydroxyl groups excluding tert-OH is 1. The number of non-ortho nitro benzene ring substituents is 1. The van der Waals surface area contributed by atoms with Crippen LogP contribution in [0.4, 0.5) is 17.2 Å². The topological polar surface area (TPSA) is 192 Å². The molecule has 0 radical (unpaired) electrons. The highest BCUT2D eigenvalue weighted by Gasteiger charge is 2.37. The molecule has 1 aliphatic rings. The van der Waals surface area contributed by atoms with Crippen molar-refractivity contribution in [3.05, 3.63) is 78.9 Å². The first-order chi connectivity index (χ1) is 14.3. The van der Waals surface area contributed by atoms with Gasteiger partial charge < -0.3 is 25.7 Å². The SMILES string of the molecule is N#Cc1c(N)nc2c(c1N)C(c1ccc([N+](=O)[O-])cc1)c1oc(CO)cc(=O)c1O2. The second kappa shape index (κ2) is 6.87. The first-order valence-electron chi connectivity index (χ1n) is 8.54. The smallest absolute Gasteiger partial charge is 0.269 e. The minimum atomic E-state index is -0.885. The Morgan fingerprint density at radius 2 is 2.00 bits per heavy atom. The number of pyridine rings is 1. The van der Waals surface area contributed by atoms with Crippen LogP contribution in [0.3, 0.4) is 0 Å². The molecule has 11 nitrogen and oxygen atoms in total. The normalized spacial score (nSPS) is 14.2. The number of hydrogen-bond donors (Lipinski definition) is 3. The molecule has 0 saturated heterocycles. The fraction of sp³-hybridized carbons (Fsp3) is 0.105. The number of nitro benzene ring substituents is 1. The molecule has 5 N–H and O–H groups in total. The first-order valence-corrected chi connectivity index (χ1v) is 8.54. The third-order valence-corrected chi connectivity index (χ3v) is 4.70. The van der Waals surface area contributed by atoms with Gasteiger partial charge in [-0.2, -0.15) is 10.2 Å². The number of aromatic nitrogens is 1. The van der Waals surface area contributed by atoms with E-state index in [0.29, 0.717) is 5.56 Å². The minimum absolute atomic E-state index is 0.0137. The monoisotopic (exact) mass is 407 g/mol. The van der Waals surface area contributed by atoms with E-state index in [-0.39, 0.29) is 51.5 Å². The van der Waals surface area contributed by atoms with Gasteiger partial charge in [0.25, 0.3) is 5.69 Å². The van der Waals surface area contributed by atoms with Crippen molar-refractivity contribution in [1.82, 2.24) is 4.98 Å². The lowest BCUT2D eigenvalue weighted by Gasteiger charge is -2.28. The van der Waals surface area contributed by atoms with Crippen LogP contribution in [0.5, 0.6) is 11.6 Å². The molecule has 1 aromatic carbocycles. The number of nitrogens with zero attached hydrogens (tertiary/aromatic N) is 3. The van der Waals surface area contributed by atoms with E-state index in [1.165, 1.54) is 24.3 Å². The molecule has 0 aliphatic carbocycles. The molecule has 0 amide bonds. The third kappa shape index (κ3) is 2.79. The lowest BCUT2D eigenvalue weighted by Crippen LogP contribution is -2.21. The molecule has 0 bridgehead atoms. The number of ether oxygens (including phenoxy) is 1. The van der Waals surface area contributed by atoms with E-state index in [0.717, 1.165) is 6.07 Å². The van der Waals surface area contributed by atoms with Crippen LogP contribution in [0.2, 0.25) is 0 Å². The number of hydrogen-bond acceptors (Lipinski definition) is 10. The molecule has 150 valence electrons. The Morgan fingerprint density at radius 1 is 1.30 bits per heavy atom. The highest BCUT2D eigenvalue weighted by atomic mass is 16.6. The average molecular weight is 407 g/mol. The van der Waals surface area contributed by atoms with Gasteiger partial charge in [0, 0.05) is 18.2 Å². The highest BCUT2D eigenvalue weighted by Crippen LogP contribution is 2.49. The summed E-state index contributed by atoms with van der Waals surface area (Å²) in [5.41, 5.74) is 11.9. The Hall–Kier alpha value is -4.43. The number of aliphatic hydroxyl groups is 1. The van der Waals surface area contributed by atoms with E-state index >= 15 is 0 Å². The quantitative estimate of drug-likeness (QED) is 0.333. The van der Waals surface area contributed by atoms with Crippen molar-refractivity contribution < 1.29 is 19.2 Å². The lowest BCUT2D eigenvalue weighted by molar-refractivity contribution is -0.384. The number of rotatable bonds is 3. The van der Waals surface area contributed by atoms with Crippen LogP contribution in [0.25, 0.3) is 0 Å². The number of nitro groups is 1. The maximum atomic E-state index is 12.5. The third-order valence-electron chi connectivity index (χ3n) is 4.70. The summed E-state index contributed by atoms with van der Waals surface area (Å²) >= 11 is 0. The van der Waals surface area contributed by atoms with E-state index in [1.54, 1.807) is 0 Å². The van der Waals surface area contributed by atoms with Crippen LogP contribution in [0, 0.1) is 21.4 Å². The van der Waals surface area contributed by atoms with Crippen molar-refractivity contribution in [2.75, 3.05) is 11.5 Å². The molecule has 0 spiro atoms. The molecule has 3 aromatic rings.